The molecule has 39 heavy (non-hydrogen) atoms. The van der Waals surface area contributed by atoms with E-state index in [0.29, 0.717) is 19.8 Å². The number of amides is 2. The summed E-state index contributed by atoms with van der Waals surface area (Å²) < 4.78 is 11.3. The molecular weight excluding hydrogens is 496 g/mol. The summed E-state index contributed by atoms with van der Waals surface area (Å²) in [5, 5.41) is 4.18. The molecule has 3 atom stereocenters. The predicted octanol–water partition coefficient (Wildman–Crippen LogP) is 2.23. The van der Waals surface area contributed by atoms with Crippen LogP contribution in [0.2, 0.25) is 0 Å². The summed E-state index contributed by atoms with van der Waals surface area (Å²) in [6, 6.07) is 11.0. The molecule has 4 heterocycles. The number of piperidine rings is 1. The van der Waals surface area contributed by atoms with Crippen LogP contribution in [0.25, 0.3) is 10.9 Å². The molecule has 0 aliphatic carbocycles. The molecule has 0 spiro atoms. The Morgan fingerprint density at radius 1 is 1.23 bits per heavy atom. The first-order valence-electron chi connectivity index (χ1n) is 13.7. The van der Waals surface area contributed by atoms with Gasteiger partial charge in [-0.1, -0.05) is 25.1 Å². The number of hydrogen-bond acceptors (Lipinski definition) is 7. The molecule has 0 saturated carbocycles. The smallest absolute Gasteiger partial charge is 0.245 e. The highest BCUT2D eigenvalue weighted by atomic mass is 16.7. The first-order valence-corrected chi connectivity index (χ1v) is 13.7. The summed E-state index contributed by atoms with van der Waals surface area (Å²) in [5.41, 5.74) is 8.83. The molecule has 2 fully saturated rings. The minimum Gasteiger partial charge on any atom is -0.369 e. The zero-order valence-electron chi connectivity index (χ0n) is 22.6. The van der Waals surface area contributed by atoms with Crippen LogP contribution < -0.4 is 16.0 Å². The van der Waals surface area contributed by atoms with E-state index in [1.165, 1.54) is 0 Å². The van der Waals surface area contributed by atoms with Crippen LogP contribution in [0, 0.1) is 5.92 Å². The number of benzene rings is 1. The zero-order valence-corrected chi connectivity index (χ0v) is 22.6. The van der Waals surface area contributed by atoms with Crippen LogP contribution in [0.1, 0.15) is 31.2 Å². The maximum atomic E-state index is 13.9. The highest BCUT2D eigenvalue weighted by molar-refractivity contribution is 5.91. The SMILES string of the molecule is C[C@H](c1c[nH]c2ccccc12)[C@@H](NC(=O)C1CCCN(c2cccnc2)C1)C(=O)N(C)CC1OCC(N)CO1. The third-order valence-corrected chi connectivity index (χ3v) is 7.77. The van der Waals surface area contributed by atoms with E-state index in [9.17, 15) is 9.59 Å². The predicted molar refractivity (Wildman–Crippen MR) is 149 cm³/mol. The standard InChI is InChI=1S/C29H38N6O4/c1-19(24-14-32-25-10-4-3-9-23(24)25)27(29(37)34(2)16-26-38-17-21(30)18-39-26)33-28(36)20-7-6-12-35(15-20)22-8-5-11-31-13-22/h3-5,8-11,13-14,19-21,26-27,32H,6-7,12,15-18,30H2,1-2H3,(H,33,36)/t19-,20?,21?,26?,27-/m1/s1. The van der Waals surface area contributed by atoms with E-state index in [4.69, 9.17) is 15.2 Å². The van der Waals surface area contributed by atoms with Crippen molar-refractivity contribution in [3.63, 3.8) is 0 Å². The van der Waals surface area contributed by atoms with Gasteiger partial charge in [0.15, 0.2) is 6.29 Å². The number of likely N-dealkylation sites (N-methyl/N-ethyl adjacent to an activating group) is 1. The molecule has 2 amide bonds. The first kappa shape index (κ1) is 27.1. The van der Waals surface area contributed by atoms with Gasteiger partial charge in [0, 0.05) is 49.4 Å². The van der Waals surface area contributed by atoms with Crippen molar-refractivity contribution in [2.75, 3.05) is 44.8 Å². The third kappa shape index (κ3) is 6.24. The van der Waals surface area contributed by atoms with Crippen LogP contribution in [-0.2, 0) is 19.1 Å². The number of ether oxygens (including phenoxy) is 2. The summed E-state index contributed by atoms with van der Waals surface area (Å²) in [7, 11) is 1.72. The number of fused-ring (bicyclic) bond motifs is 1. The fourth-order valence-electron chi connectivity index (χ4n) is 5.50. The van der Waals surface area contributed by atoms with E-state index < -0.39 is 12.3 Å². The molecule has 0 bridgehead atoms. The molecule has 1 aromatic carbocycles. The van der Waals surface area contributed by atoms with Gasteiger partial charge in [-0.2, -0.15) is 0 Å². The Labute approximate surface area is 228 Å². The summed E-state index contributed by atoms with van der Waals surface area (Å²) in [6.07, 6.45) is 6.61. The van der Waals surface area contributed by atoms with Crippen molar-refractivity contribution in [1.82, 2.24) is 20.2 Å². The lowest BCUT2D eigenvalue weighted by molar-refractivity contribution is -0.193. The fourth-order valence-corrected chi connectivity index (χ4v) is 5.50. The molecule has 10 heteroatoms. The van der Waals surface area contributed by atoms with Crippen molar-refractivity contribution >= 4 is 28.4 Å². The summed E-state index contributed by atoms with van der Waals surface area (Å²) in [5.74, 6) is -0.817. The quantitative estimate of drug-likeness (QED) is 0.405. The molecule has 10 nitrogen and oxygen atoms in total. The number of pyridine rings is 1. The van der Waals surface area contributed by atoms with Gasteiger partial charge in [-0.3, -0.25) is 14.6 Å². The van der Waals surface area contributed by atoms with Gasteiger partial charge in [0.05, 0.1) is 43.6 Å². The van der Waals surface area contributed by atoms with Crippen molar-refractivity contribution in [1.29, 1.82) is 0 Å². The topological polar surface area (TPSA) is 126 Å². The zero-order chi connectivity index (χ0) is 27.4. The van der Waals surface area contributed by atoms with E-state index in [0.717, 1.165) is 41.5 Å². The number of anilines is 1. The lowest BCUT2D eigenvalue weighted by atomic mass is 9.90. The van der Waals surface area contributed by atoms with E-state index in [1.54, 1.807) is 18.1 Å². The molecule has 3 aromatic rings. The van der Waals surface area contributed by atoms with Crippen molar-refractivity contribution in [2.45, 2.75) is 44.1 Å². The highest BCUT2D eigenvalue weighted by Gasteiger charge is 2.36. The van der Waals surface area contributed by atoms with Crippen LogP contribution in [0.3, 0.4) is 0 Å². The molecule has 2 saturated heterocycles. The lowest BCUT2D eigenvalue weighted by Crippen LogP contribution is -2.55. The second kappa shape index (κ2) is 12.1. The number of hydrogen-bond donors (Lipinski definition) is 3. The third-order valence-electron chi connectivity index (χ3n) is 7.77. The summed E-state index contributed by atoms with van der Waals surface area (Å²) in [4.78, 5) is 38.9. The number of nitrogens with zero attached hydrogens (tertiary/aromatic N) is 3. The molecule has 4 N–H and O–H groups in total. The second-order valence-electron chi connectivity index (χ2n) is 10.6. The first-order chi connectivity index (χ1) is 18.9. The largest absolute Gasteiger partial charge is 0.369 e. The number of nitrogens with two attached hydrogens (primary N) is 1. The van der Waals surface area contributed by atoms with Gasteiger partial charge in [0.25, 0.3) is 0 Å². The number of aromatic amines is 1. The van der Waals surface area contributed by atoms with E-state index in [2.05, 4.69) is 20.2 Å². The van der Waals surface area contributed by atoms with E-state index in [-0.39, 0.29) is 36.2 Å². The average molecular weight is 535 g/mol. The van der Waals surface area contributed by atoms with Gasteiger partial charge in [-0.25, -0.2) is 0 Å². The Morgan fingerprint density at radius 3 is 2.79 bits per heavy atom. The number of carbonyl (C=O) groups is 2. The van der Waals surface area contributed by atoms with Crippen LogP contribution in [0.15, 0.2) is 55.0 Å². The number of nitrogens with one attached hydrogen (secondary N) is 2. The van der Waals surface area contributed by atoms with Crippen molar-refractivity contribution in [2.24, 2.45) is 11.7 Å². The molecule has 2 aliphatic heterocycles. The van der Waals surface area contributed by atoms with Crippen LogP contribution >= 0.6 is 0 Å². The van der Waals surface area contributed by atoms with E-state index in [1.807, 2.05) is 55.7 Å². The van der Waals surface area contributed by atoms with Crippen LogP contribution in [0.4, 0.5) is 5.69 Å². The average Bonchev–Trinajstić information content (AvgIpc) is 3.41. The summed E-state index contributed by atoms with van der Waals surface area (Å²) >= 11 is 0. The number of para-hydroxylation sites is 1. The Morgan fingerprint density at radius 2 is 2.03 bits per heavy atom. The minimum atomic E-state index is -0.763. The number of H-pyrrole nitrogens is 1. The Balaban J connectivity index is 1.34. The monoisotopic (exact) mass is 534 g/mol. The van der Waals surface area contributed by atoms with Crippen molar-refractivity contribution < 1.29 is 19.1 Å². The molecule has 2 aromatic heterocycles. The Hall–Kier alpha value is -3.47. The number of carbonyl (C=O) groups excluding carboxylic acids is 2. The normalized spacial score (nSPS) is 23.3. The maximum Gasteiger partial charge on any atom is 0.245 e. The van der Waals surface area contributed by atoms with Crippen molar-refractivity contribution in [3.05, 3.63) is 60.6 Å². The molecular formula is C29H38N6O4. The number of aromatic nitrogens is 2. The minimum absolute atomic E-state index is 0.113. The van der Waals surface area contributed by atoms with E-state index >= 15 is 0 Å². The van der Waals surface area contributed by atoms with Gasteiger partial charge in [0.1, 0.15) is 6.04 Å². The highest BCUT2D eigenvalue weighted by Crippen LogP contribution is 2.29. The second-order valence-corrected chi connectivity index (χ2v) is 10.6. The molecule has 208 valence electrons. The number of rotatable bonds is 8. The maximum absolute atomic E-state index is 13.9. The Bertz CT molecular complexity index is 1260. The molecule has 0 radical (unpaired) electrons. The molecule has 5 rings (SSSR count). The van der Waals surface area contributed by atoms with Crippen molar-refractivity contribution in [3.8, 4) is 0 Å². The Kier molecular flexibility index (Phi) is 8.44. The van der Waals surface area contributed by atoms with Gasteiger partial charge in [0.2, 0.25) is 11.8 Å². The van der Waals surface area contributed by atoms with Gasteiger partial charge in [-0.15, -0.1) is 0 Å². The van der Waals surface area contributed by atoms with Gasteiger partial charge >= 0.3 is 0 Å². The lowest BCUT2D eigenvalue weighted by Gasteiger charge is -2.36. The van der Waals surface area contributed by atoms with Crippen LogP contribution in [-0.4, -0.2) is 85.0 Å². The summed E-state index contributed by atoms with van der Waals surface area (Å²) in [6.45, 7) is 4.46. The van der Waals surface area contributed by atoms with Gasteiger partial charge in [-0.05, 0) is 36.6 Å². The molecule has 1 unspecified atom stereocenters. The fraction of sp³-hybridized carbons (Fsp3) is 0.483. The van der Waals surface area contributed by atoms with Crippen LogP contribution in [0.5, 0.6) is 0 Å². The molecule has 2 aliphatic rings. The van der Waals surface area contributed by atoms with Gasteiger partial charge < -0.3 is 35.3 Å².